The number of hydrogen-bond acceptors (Lipinski definition) is 5. The fraction of sp³-hybridized carbons (Fsp3) is 0.769. The van der Waals surface area contributed by atoms with Crippen LogP contribution < -0.4 is 5.32 Å². The van der Waals surface area contributed by atoms with Gasteiger partial charge in [0.15, 0.2) is 0 Å². The van der Waals surface area contributed by atoms with Crippen molar-refractivity contribution >= 4 is 35.3 Å². The molecule has 5 nitrogen and oxygen atoms in total. The van der Waals surface area contributed by atoms with Gasteiger partial charge in [-0.05, 0) is 80.6 Å². The molecule has 7 rings (SSSR count). The van der Waals surface area contributed by atoms with Crippen molar-refractivity contribution < 1.29 is 9.59 Å². The summed E-state index contributed by atoms with van der Waals surface area (Å²) in [6, 6.07) is 0. The molecule has 0 aromatic rings. The summed E-state index contributed by atoms with van der Waals surface area (Å²) in [5, 5.41) is 7.99. The summed E-state index contributed by atoms with van der Waals surface area (Å²) in [4.78, 5) is 30.3. The van der Waals surface area contributed by atoms with Crippen molar-refractivity contribution in [2.75, 3.05) is 19.6 Å². The normalized spacial score (nSPS) is 41.2. The van der Waals surface area contributed by atoms with E-state index in [0.717, 1.165) is 51.7 Å². The first-order valence-corrected chi connectivity index (χ1v) is 15.0. The standard InChI is InChI=1S/C26H35N3O2S2/c30-24(17-1-2-17)28-11-7-16(14-28)15-29-23(27-26(9-10-26)25(29)31)22-6-5-21(33-22)18-3-4-20-19(13-18)8-12-32-20/h8,12-13,16-18,20-23,27H,1-7,9-11,14-15H2/t16-,18?,20?,21?,22?,23?/m1/s1. The third-order valence-corrected chi connectivity index (χ3v) is 12.0. The topological polar surface area (TPSA) is 52.7 Å². The predicted octanol–water partition coefficient (Wildman–Crippen LogP) is 3.77. The van der Waals surface area contributed by atoms with Crippen molar-refractivity contribution in [2.24, 2.45) is 17.8 Å². The smallest absolute Gasteiger partial charge is 0.244 e. The minimum absolute atomic E-state index is 0.175. The number of rotatable bonds is 5. The van der Waals surface area contributed by atoms with Crippen LogP contribution in [0.4, 0.5) is 0 Å². The van der Waals surface area contributed by atoms with Crippen LogP contribution in [0.25, 0.3) is 0 Å². The highest BCUT2D eigenvalue weighted by Gasteiger charge is 2.61. The SMILES string of the molecule is O=C(C1CC1)N1CC[C@@H](CN2C(=O)C3(CC3)NC2C2CCC(C3C=C4C=CSC4CC3)S2)C1. The highest BCUT2D eigenvalue weighted by molar-refractivity contribution is 8.03. The van der Waals surface area contributed by atoms with Crippen LogP contribution in [0.5, 0.6) is 0 Å². The Morgan fingerprint density at radius 3 is 2.76 bits per heavy atom. The fourth-order valence-corrected chi connectivity index (χ4v) is 9.63. The minimum atomic E-state index is -0.253. The average Bonchev–Trinajstić information content (AvgIpc) is 3.59. The second-order valence-corrected chi connectivity index (χ2v) is 14.1. The summed E-state index contributed by atoms with van der Waals surface area (Å²) >= 11 is 4.15. The van der Waals surface area contributed by atoms with Crippen LogP contribution >= 0.6 is 23.5 Å². The first-order chi connectivity index (χ1) is 16.1. The Labute approximate surface area is 205 Å². The third-order valence-electron chi connectivity index (χ3n) is 9.12. The first kappa shape index (κ1) is 21.4. The van der Waals surface area contributed by atoms with Gasteiger partial charge in [0, 0.05) is 41.3 Å². The zero-order valence-corrected chi connectivity index (χ0v) is 20.9. The molecular weight excluding hydrogens is 450 g/mol. The first-order valence-electron chi connectivity index (χ1n) is 13.2. The van der Waals surface area contributed by atoms with Gasteiger partial charge in [0.1, 0.15) is 0 Å². The van der Waals surface area contributed by atoms with E-state index in [1.165, 1.54) is 25.7 Å². The van der Waals surface area contributed by atoms with Gasteiger partial charge < -0.3 is 9.80 Å². The van der Waals surface area contributed by atoms with Gasteiger partial charge in [-0.25, -0.2) is 0 Å². The largest absolute Gasteiger partial charge is 0.342 e. The maximum atomic E-state index is 13.4. The van der Waals surface area contributed by atoms with Gasteiger partial charge in [0.05, 0.1) is 11.7 Å². The lowest BCUT2D eigenvalue weighted by molar-refractivity contribution is -0.131. The molecule has 0 radical (unpaired) electrons. The highest BCUT2D eigenvalue weighted by atomic mass is 32.2. The van der Waals surface area contributed by atoms with Crippen molar-refractivity contribution in [3.63, 3.8) is 0 Å². The predicted molar refractivity (Wildman–Crippen MR) is 134 cm³/mol. The molecule has 1 N–H and O–H groups in total. The molecule has 5 fully saturated rings. The molecule has 7 heteroatoms. The van der Waals surface area contributed by atoms with Gasteiger partial charge in [-0.1, -0.05) is 12.2 Å². The van der Waals surface area contributed by atoms with E-state index in [4.69, 9.17) is 0 Å². The van der Waals surface area contributed by atoms with Gasteiger partial charge in [0.25, 0.3) is 0 Å². The summed E-state index contributed by atoms with van der Waals surface area (Å²) in [6.45, 7) is 2.56. The van der Waals surface area contributed by atoms with E-state index >= 15 is 0 Å². The lowest BCUT2D eigenvalue weighted by Gasteiger charge is -2.32. The molecule has 3 aliphatic carbocycles. The van der Waals surface area contributed by atoms with Gasteiger partial charge >= 0.3 is 0 Å². The molecule has 6 atom stereocenters. The quantitative estimate of drug-likeness (QED) is 0.643. The number of thioether (sulfide) groups is 2. The molecule has 2 saturated carbocycles. The van der Waals surface area contributed by atoms with E-state index < -0.39 is 0 Å². The number of nitrogens with zero attached hydrogens (tertiary/aromatic N) is 2. The number of carbonyl (C=O) groups excluding carboxylic acids is 2. The van der Waals surface area contributed by atoms with Crippen molar-refractivity contribution in [2.45, 2.75) is 85.2 Å². The maximum Gasteiger partial charge on any atom is 0.244 e. The molecule has 7 aliphatic rings. The van der Waals surface area contributed by atoms with E-state index in [9.17, 15) is 9.59 Å². The minimum Gasteiger partial charge on any atom is -0.342 e. The second-order valence-electron chi connectivity index (χ2n) is 11.5. The molecule has 0 aromatic heterocycles. The Kier molecular flexibility index (Phi) is 5.22. The van der Waals surface area contributed by atoms with Crippen LogP contribution in [0.1, 0.15) is 57.8 Å². The summed E-state index contributed by atoms with van der Waals surface area (Å²) in [7, 11) is 0. The van der Waals surface area contributed by atoms with Crippen molar-refractivity contribution in [3.05, 3.63) is 23.1 Å². The summed E-state index contributed by atoms with van der Waals surface area (Å²) in [6.07, 6.45) is 15.4. The Morgan fingerprint density at radius 2 is 1.94 bits per heavy atom. The van der Waals surface area contributed by atoms with Gasteiger partial charge in [0.2, 0.25) is 11.8 Å². The molecule has 0 aromatic carbocycles. The summed E-state index contributed by atoms with van der Waals surface area (Å²) < 4.78 is 0. The molecule has 5 unspecified atom stereocenters. The Morgan fingerprint density at radius 1 is 1.09 bits per heavy atom. The van der Waals surface area contributed by atoms with Crippen molar-refractivity contribution in [1.29, 1.82) is 0 Å². The number of nitrogens with one attached hydrogen (secondary N) is 1. The van der Waals surface area contributed by atoms with Gasteiger partial charge in [-0.2, -0.15) is 11.8 Å². The van der Waals surface area contributed by atoms with Crippen molar-refractivity contribution in [1.82, 2.24) is 15.1 Å². The molecule has 33 heavy (non-hydrogen) atoms. The van der Waals surface area contributed by atoms with E-state index in [1.54, 1.807) is 5.57 Å². The average molecular weight is 486 g/mol. The van der Waals surface area contributed by atoms with Crippen LogP contribution in [0.15, 0.2) is 23.1 Å². The zero-order chi connectivity index (χ0) is 22.2. The fourth-order valence-electron chi connectivity index (χ4n) is 6.85. The lowest BCUT2D eigenvalue weighted by Crippen LogP contribution is -2.46. The second kappa shape index (κ2) is 8.06. The molecule has 3 saturated heterocycles. The maximum absolute atomic E-state index is 13.4. The van der Waals surface area contributed by atoms with E-state index in [2.05, 4.69) is 44.4 Å². The molecule has 178 valence electrons. The number of carbonyl (C=O) groups is 2. The Balaban J connectivity index is 1.02. The number of hydrogen-bond donors (Lipinski definition) is 1. The van der Waals surface area contributed by atoms with Crippen molar-refractivity contribution in [3.8, 4) is 0 Å². The molecule has 2 amide bonds. The molecule has 4 aliphatic heterocycles. The highest BCUT2D eigenvalue weighted by Crippen LogP contribution is 2.50. The number of allylic oxidation sites excluding steroid dienone is 2. The van der Waals surface area contributed by atoms with Crippen LogP contribution in [0.2, 0.25) is 0 Å². The number of amides is 2. The molecular formula is C26H35N3O2S2. The van der Waals surface area contributed by atoms with Crippen LogP contribution in [0, 0.1) is 17.8 Å². The number of fused-ring (bicyclic) bond motifs is 1. The zero-order valence-electron chi connectivity index (χ0n) is 19.3. The van der Waals surface area contributed by atoms with Crippen LogP contribution in [-0.4, -0.2) is 68.7 Å². The van der Waals surface area contributed by atoms with Crippen LogP contribution in [0.3, 0.4) is 0 Å². The van der Waals surface area contributed by atoms with Gasteiger partial charge in [-0.3, -0.25) is 14.9 Å². The lowest BCUT2D eigenvalue weighted by atomic mass is 9.86. The summed E-state index contributed by atoms with van der Waals surface area (Å²) in [5.41, 5.74) is 1.30. The van der Waals surface area contributed by atoms with E-state index in [-0.39, 0.29) is 11.7 Å². The van der Waals surface area contributed by atoms with Gasteiger partial charge in [-0.15, -0.1) is 11.8 Å². The molecule has 0 bridgehead atoms. The summed E-state index contributed by atoms with van der Waals surface area (Å²) in [5.74, 6) is 2.14. The van der Waals surface area contributed by atoms with E-state index in [1.807, 2.05) is 11.8 Å². The van der Waals surface area contributed by atoms with E-state index in [0.29, 0.717) is 45.3 Å². The Bertz CT molecular complexity index is 911. The molecule has 1 spiro atoms. The number of likely N-dealkylation sites (tertiary alicyclic amines) is 1. The Hall–Kier alpha value is -0.920. The van der Waals surface area contributed by atoms with Crippen LogP contribution in [-0.2, 0) is 9.59 Å². The molecule has 4 heterocycles. The third kappa shape index (κ3) is 3.81. The monoisotopic (exact) mass is 485 g/mol.